The van der Waals surface area contributed by atoms with Gasteiger partial charge in [0.2, 0.25) is 0 Å². The van der Waals surface area contributed by atoms with E-state index >= 15 is 0 Å². The summed E-state index contributed by atoms with van der Waals surface area (Å²) in [4.78, 5) is 0. The monoisotopic (exact) mass is 168 g/mol. The first-order chi connectivity index (χ1) is 5.81. The second-order valence-corrected chi connectivity index (χ2v) is 2.97. The van der Waals surface area contributed by atoms with Gasteiger partial charge in [-0.2, -0.15) is 0 Å². The standard InChI is InChI=1S/C11H20O/c1-3-5-6-7-8-10-11(12)9-4-2/h3,5-7,11-12H,4,8-10H2,1-2H3. The van der Waals surface area contributed by atoms with E-state index in [1.54, 1.807) is 0 Å². The second-order valence-electron chi connectivity index (χ2n) is 2.97. The van der Waals surface area contributed by atoms with Crippen molar-refractivity contribution in [1.82, 2.24) is 0 Å². The summed E-state index contributed by atoms with van der Waals surface area (Å²) in [6.45, 7) is 4.09. The minimum absolute atomic E-state index is 0.106. The first-order valence-corrected chi connectivity index (χ1v) is 4.77. The quantitative estimate of drug-likeness (QED) is 0.604. The van der Waals surface area contributed by atoms with E-state index in [0.29, 0.717) is 0 Å². The highest BCUT2D eigenvalue weighted by atomic mass is 16.3. The van der Waals surface area contributed by atoms with Crippen molar-refractivity contribution in [2.75, 3.05) is 0 Å². The molecule has 0 amide bonds. The lowest BCUT2D eigenvalue weighted by Crippen LogP contribution is -2.04. The van der Waals surface area contributed by atoms with Gasteiger partial charge >= 0.3 is 0 Å². The van der Waals surface area contributed by atoms with Crippen molar-refractivity contribution in [1.29, 1.82) is 0 Å². The Hall–Kier alpha value is -0.560. The van der Waals surface area contributed by atoms with Crippen LogP contribution in [-0.2, 0) is 0 Å². The van der Waals surface area contributed by atoms with E-state index in [2.05, 4.69) is 13.0 Å². The van der Waals surface area contributed by atoms with E-state index in [0.717, 1.165) is 25.7 Å². The molecule has 0 aliphatic rings. The molecule has 1 unspecified atom stereocenters. The molecule has 1 heteroatoms. The third-order valence-corrected chi connectivity index (χ3v) is 1.73. The number of rotatable bonds is 6. The predicted octanol–water partition coefficient (Wildman–Crippen LogP) is 3.06. The molecule has 0 aromatic heterocycles. The van der Waals surface area contributed by atoms with E-state index in [1.165, 1.54) is 0 Å². The minimum Gasteiger partial charge on any atom is -0.393 e. The molecule has 0 saturated carbocycles. The highest BCUT2D eigenvalue weighted by Crippen LogP contribution is 2.04. The molecule has 0 rings (SSSR count). The number of allylic oxidation sites excluding steroid dienone is 4. The Labute approximate surface area is 75.8 Å². The fourth-order valence-electron chi connectivity index (χ4n) is 1.05. The van der Waals surface area contributed by atoms with E-state index in [-0.39, 0.29) is 6.10 Å². The summed E-state index contributed by atoms with van der Waals surface area (Å²) in [5, 5.41) is 9.35. The zero-order chi connectivity index (χ0) is 9.23. The second kappa shape index (κ2) is 8.54. The lowest BCUT2D eigenvalue weighted by Gasteiger charge is -2.05. The van der Waals surface area contributed by atoms with E-state index in [4.69, 9.17) is 0 Å². The average Bonchev–Trinajstić information content (AvgIpc) is 2.05. The fraction of sp³-hybridized carbons (Fsp3) is 0.636. The maximum Gasteiger partial charge on any atom is 0.0543 e. The Morgan fingerprint density at radius 1 is 1.25 bits per heavy atom. The van der Waals surface area contributed by atoms with Gasteiger partial charge in [-0.25, -0.2) is 0 Å². The van der Waals surface area contributed by atoms with Gasteiger partial charge < -0.3 is 5.11 Å². The topological polar surface area (TPSA) is 20.2 Å². The van der Waals surface area contributed by atoms with Gasteiger partial charge in [0.1, 0.15) is 0 Å². The summed E-state index contributed by atoms with van der Waals surface area (Å²) < 4.78 is 0. The van der Waals surface area contributed by atoms with Crippen LogP contribution >= 0.6 is 0 Å². The molecule has 0 heterocycles. The third-order valence-electron chi connectivity index (χ3n) is 1.73. The average molecular weight is 168 g/mol. The fourth-order valence-corrected chi connectivity index (χ4v) is 1.05. The van der Waals surface area contributed by atoms with Crippen LogP contribution in [0.4, 0.5) is 0 Å². The highest BCUT2D eigenvalue weighted by molar-refractivity contribution is 5.00. The summed E-state index contributed by atoms with van der Waals surface area (Å²) in [6.07, 6.45) is 11.9. The van der Waals surface area contributed by atoms with Crippen LogP contribution in [0.5, 0.6) is 0 Å². The Morgan fingerprint density at radius 3 is 2.58 bits per heavy atom. The van der Waals surface area contributed by atoms with Crippen LogP contribution in [0.1, 0.15) is 39.5 Å². The molecule has 0 radical (unpaired) electrons. The maximum atomic E-state index is 9.35. The lowest BCUT2D eigenvalue weighted by molar-refractivity contribution is 0.155. The largest absolute Gasteiger partial charge is 0.393 e. The molecule has 0 saturated heterocycles. The number of hydrogen-bond acceptors (Lipinski definition) is 1. The highest BCUT2D eigenvalue weighted by Gasteiger charge is 1.98. The Bertz CT molecular complexity index is 136. The van der Waals surface area contributed by atoms with Crippen molar-refractivity contribution in [3.05, 3.63) is 24.3 Å². The van der Waals surface area contributed by atoms with Gasteiger partial charge in [-0.05, 0) is 26.2 Å². The molecular formula is C11H20O. The molecule has 0 bridgehead atoms. The van der Waals surface area contributed by atoms with Gasteiger partial charge in [-0.3, -0.25) is 0 Å². The first kappa shape index (κ1) is 11.4. The maximum absolute atomic E-state index is 9.35. The Morgan fingerprint density at radius 2 is 2.00 bits per heavy atom. The van der Waals surface area contributed by atoms with Crippen molar-refractivity contribution in [2.45, 2.75) is 45.6 Å². The smallest absolute Gasteiger partial charge is 0.0543 e. The van der Waals surface area contributed by atoms with Crippen LogP contribution in [0.2, 0.25) is 0 Å². The lowest BCUT2D eigenvalue weighted by atomic mass is 10.1. The van der Waals surface area contributed by atoms with Crippen molar-refractivity contribution < 1.29 is 5.11 Å². The van der Waals surface area contributed by atoms with E-state index < -0.39 is 0 Å². The van der Waals surface area contributed by atoms with Gasteiger partial charge in [0, 0.05) is 0 Å². The van der Waals surface area contributed by atoms with Crippen LogP contribution in [-0.4, -0.2) is 11.2 Å². The van der Waals surface area contributed by atoms with Gasteiger partial charge in [0.25, 0.3) is 0 Å². The van der Waals surface area contributed by atoms with E-state index in [9.17, 15) is 5.11 Å². The molecule has 0 aliphatic heterocycles. The number of aliphatic hydroxyl groups is 1. The van der Waals surface area contributed by atoms with Crippen LogP contribution in [0.15, 0.2) is 24.3 Å². The molecule has 12 heavy (non-hydrogen) atoms. The zero-order valence-corrected chi connectivity index (χ0v) is 8.16. The SMILES string of the molecule is CC=CC=CCCC(O)CCC. The third kappa shape index (κ3) is 7.55. The Balaban J connectivity index is 3.29. The van der Waals surface area contributed by atoms with Crippen molar-refractivity contribution in [3.8, 4) is 0 Å². The molecule has 0 aromatic carbocycles. The van der Waals surface area contributed by atoms with Crippen LogP contribution in [0, 0.1) is 0 Å². The van der Waals surface area contributed by atoms with E-state index in [1.807, 2.05) is 25.2 Å². The van der Waals surface area contributed by atoms with Gasteiger partial charge in [-0.1, -0.05) is 37.6 Å². The summed E-state index contributed by atoms with van der Waals surface area (Å²) in [7, 11) is 0. The summed E-state index contributed by atoms with van der Waals surface area (Å²) >= 11 is 0. The minimum atomic E-state index is -0.106. The van der Waals surface area contributed by atoms with Crippen molar-refractivity contribution in [3.63, 3.8) is 0 Å². The van der Waals surface area contributed by atoms with Crippen molar-refractivity contribution in [2.24, 2.45) is 0 Å². The van der Waals surface area contributed by atoms with Crippen LogP contribution in [0.25, 0.3) is 0 Å². The molecule has 0 fully saturated rings. The molecule has 1 nitrogen and oxygen atoms in total. The molecule has 1 N–H and O–H groups in total. The molecule has 0 aromatic rings. The summed E-state index contributed by atoms with van der Waals surface area (Å²) in [5.74, 6) is 0. The Kier molecular flexibility index (Phi) is 8.14. The molecule has 1 atom stereocenters. The summed E-state index contributed by atoms with van der Waals surface area (Å²) in [6, 6.07) is 0. The van der Waals surface area contributed by atoms with Crippen LogP contribution < -0.4 is 0 Å². The number of aliphatic hydroxyl groups excluding tert-OH is 1. The summed E-state index contributed by atoms with van der Waals surface area (Å²) in [5.41, 5.74) is 0. The molecular weight excluding hydrogens is 148 g/mol. The van der Waals surface area contributed by atoms with Crippen LogP contribution in [0.3, 0.4) is 0 Å². The first-order valence-electron chi connectivity index (χ1n) is 4.77. The number of hydrogen-bond donors (Lipinski definition) is 1. The van der Waals surface area contributed by atoms with Crippen molar-refractivity contribution >= 4 is 0 Å². The van der Waals surface area contributed by atoms with Gasteiger partial charge in [0.15, 0.2) is 0 Å². The van der Waals surface area contributed by atoms with Gasteiger partial charge in [0.05, 0.1) is 6.10 Å². The molecule has 0 aliphatic carbocycles. The molecule has 70 valence electrons. The molecule has 0 spiro atoms. The predicted molar refractivity (Wildman–Crippen MR) is 54.1 cm³/mol. The normalized spacial score (nSPS) is 14.6. The zero-order valence-electron chi connectivity index (χ0n) is 8.16. The van der Waals surface area contributed by atoms with Gasteiger partial charge in [-0.15, -0.1) is 0 Å².